The van der Waals surface area contributed by atoms with Crippen molar-refractivity contribution in [1.82, 2.24) is 0 Å². The van der Waals surface area contributed by atoms with Crippen LogP contribution in [0.5, 0.6) is 17.2 Å². The lowest BCUT2D eigenvalue weighted by Crippen LogP contribution is -2.18. The van der Waals surface area contributed by atoms with E-state index in [9.17, 15) is 22.3 Å². The lowest BCUT2D eigenvalue weighted by Gasteiger charge is -2.24. The van der Waals surface area contributed by atoms with E-state index < -0.39 is 15.8 Å². The van der Waals surface area contributed by atoms with E-state index in [1.807, 2.05) is 24.3 Å². The molecule has 2 aromatic rings. The summed E-state index contributed by atoms with van der Waals surface area (Å²) in [6, 6.07) is 10.6. The van der Waals surface area contributed by atoms with E-state index in [0.29, 0.717) is 12.2 Å². The number of sulfone groups is 1. The second kappa shape index (κ2) is 8.54. The van der Waals surface area contributed by atoms with Gasteiger partial charge in [0.15, 0.2) is 21.3 Å². The van der Waals surface area contributed by atoms with Crippen LogP contribution in [0, 0.1) is 5.92 Å². The van der Waals surface area contributed by atoms with Crippen LogP contribution < -0.4 is 4.74 Å². The largest absolute Gasteiger partial charge is 0.504 e. The standard InChI is InChI=1S/C25H24F2O4S/c1-2-25(26,27)19-9-12-24(23(28)15-19)31-20-10-7-18(8-11-20)21-6-4-3-5-17-13-14-32(29,30)16-22(17)21/h3-4,6-12,15-17,28H,2,5,13-14H2,1H3. The zero-order valence-electron chi connectivity index (χ0n) is 17.6. The third-order valence-electron chi connectivity index (χ3n) is 5.85. The first-order chi connectivity index (χ1) is 15.2. The van der Waals surface area contributed by atoms with Crippen LogP contribution in [-0.4, -0.2) is 19.3 Å². The molecule has 32 heavy (non-hydrogen) atoms. The average molecular weight is 459 g/mol. The van der Waals surface area contributed by atoms with Crippen LogP contribution in [0.1, 0.15) is 37.3 Å². The number of fused-ring (bicyclic) bond motifs is 1. The lowest BCUT2D eigenvalue weighted by molar-refractivity contribution is -0.00851. The minimum absolute atomic E-state index is 0.0752. The summed E-state index contributed by atoms with van der Waals surface area (Å²) in [7, 11) is -3.22. The Balaban J connectivity index is 1.58. The van der Waals surface area contributed by atoms with Crippen molar-refractivity contribution in [2.24, 2.45) is 5.92 Å². The number of allylic oxidation sites excluding steroid dienone is 5. The van der Waals surface area contributed by atoms with E-state index >= 15 is 0 Å². The van der Waals surface area contributed by atoms with E-state index in [4.69, 9.17) is 4.74 Å². The molecular formula is C25H24F2O4S. The molecule has 1 aliphatic heterocycles. The third-order valence-corrected chi connectivity index (χ3v) is 7.26. The van der Waals surface area contributed by atoms with Crippen molar-refractivity contribution in [3.8, 4) is 17.2 Å². The van der Waals surface area contributed by atoms with E-state index in [1.165, 1.54) is 24.5 Å². The molecule has 4 rings (SSSR count). The Labute approximate surface area is 186 Å². The van der Waals surface area contributed by atoms with Gasteiger partial charge in [0.05, 0.1) is 5.75 Å². The number of rotatable bonds is 5. The number of hydrogen-bond acceptors (Lipinski definition) is 4. The predicted molar refractivity (Wildman–Crippen MR) is 121 cm³/mol. The normalized spacial score (nSPS) is 20.0. The summed E-state index contributed by atoms with van der Waals surface area (Å²) in [4.78, 5) is 0. The van der Waals surface area contributed by atoms with Crippen LogP contribution in [0.2, 0.25) is 0 Å². The van der Waals surface area contributed by atoms with Gasteiger partial charge >= 0.3 is 0 Å². The van der Waals surface area contributed by atoms with Crippen molar-refractivity contribution in [2.45, 2.75) is 32.1 Å². The SMILES string of the molecule is CCC(F)(F)c1ccc(Oc2ccc(C3=CC=CCC4CCS(=O)(=O)C=C34)cc2)c(O)c1. The van der Waals surface area contributed by atoms with Crippen molar-refractivity contribution < 1.29 is 27.0 Å². The van der Waals surface area contributed by atoms with Gasteiger partial charge in [-0.05, 0) is 65.8 Å². The molecule has 168 valence electrons. The summed E-state index contributed by atoms with van der Waals surface area (Å²) in [6.07, 6.45) is 6.95. The monoisotopic (exact) mass is 458 g/mol. The molecule has 0 spiro atoms. The highest BCUT2D eigenvalue weighted by Gasteiger charge is 2.30. The summed E-state index contributed by atoms with van der Waals surface area (Å²) in [5, 5.41) is 11.5. The molecule has 1 heterocycles. The fourth-order valence-corrected chi connectivity index (χ4v) is 5.41. The van der Waals surface area contributed by atoms with Gasteiger partial charge in [-0.25, -0.2) is 17.2 Å². The number of ether oxygens (including phenoxy) is 1. The van der Waals surface area contributed by atoms with E-state index in [1.54, 1.807) is 12.1 Å². The third kappa shape index (κ3) is 4.63. The van der Waals surface area contributed by atoms with Crippen LogP contribution in [0.15, 0.2) is 71.7 Å². The van der Waals surface area contributed by atoms with Gasteiger partial charge in [-0.2, -0.15) is 0 Å². The molecule has 1 N–H and O–H groups in total. The number of benzene rings is 2. The molecule has 0 amide bonds. The molecule has 0 radical (unpaired) electrons. The Morgan fingerprint density at radius 2 is 1.91 bits per heavy atom. The van der Waals surface area contributed by atoms with Crippen molar-refractivity contribution in [2.75, 3.05) is 5.75 Å². The van der Waals surface area contributed by atoms with Crippen molar-refractivity contribution in [3.05, 3.63) is 82.8 Å². The summed E-state index contributed by atoms with van der Waals surface area (Å²) >= 11 is 0. The molecule has 1 unspecified atom stereocenters. The summed E-state index contributed by atoms with van der Waals surface area (Å²) in [5.41, 5.74) is 2.26. The highest BCUT2D eigenvalue weighted by molar-refractivity contribution is 7.94. The molecule has 1 atom stereocenters. The first kappa shape index (κ1) is 22.3. The lowest BCUT2D eigenvalue weighted by atomic mass is 9.86. The maximum Gasteiger partial charge on any atom is 0.273 e. The van der Waals surface area contributed by atoms with Gasteiger partial charge in [0.25, 0.3) is 5.92 Å². The molecular weight excluding hydrogens is 434 g/mol. The molecule has 0 saturated heterocycles. The Morgan fingerprint density at radius 3 is 2.59 bits per heavy atom. The molecule has 0 aromatic heterocycles. The van der Waals surface area contributed by atoms with E-state index in [0.717, 1.165) is 29.2 Å². The number of phenolic OH excluding ortho intramolecular Hbond substituents is 1. The van der Waals surface area contributed by atoms with Crippen LogP contribution in [-0.2, 0) is 15.8 Å². The van der Waals surface area contributed by atoms with E-state index in [-0.39, 0.29) is 35.2 Å². The minimum Gasteiger partial charge on any atom is -0.504 e. The molecule has 0 saturated carbocycles. The second-order valence-electron chi connectivity index (χ2n) is 8.04. The highest BCUT2D eigenvalue weighted by Crippen LogP contribution is 2.40. The predicted octanol–water partition coefficient (Wildman–Crippen LogP) is 6.35. The van der Waals surface area contributed by atoms with Gasteiger partial charge in [0, 0.05) is 17.4 Å². The molecule has 2 aromatic carbocycles. The molecule has 1 aliphatic carbocycles. The van der Waals surface area contributed by atoms with E-state index in [2.05, 4.69) is 6.08 Å². The van der Waals surface area contributed by atoms with Crippen LogP contribution in [0.4, 0.5) is 8.78 Å². The molecule has 4 nitrogen and oxygen atoms in total. The molecule has 0 fully saturated rings. The van der Waals surface area contributed by atoms with Crippen molar-refractivity contribution in [3.63, 3.8) is 0 Å². The number of phenols is 1. The summed E-state index contributed by atoms with van der Waals surface area (Å²) < 4.78 is 57.7. The van der Waals surface area contributed by atoms with Gasteiger partial charge in [0.2, 0.25) is 0 Å². The maximum absolute atomic E-state index is 13.8. The van der Waals surface area contributed by atoms with Gasteiger partial charge < -0.3 is 9.84 Å². The second-order valence-corrected chi connectivity index (χ2v) is 10.0. The Morgan fingerprint density at radius 1 is 1.16 bits per heavy atom. The fraction of sp³-hybridized carbons (Fsp3) is 0.280. The Kier molecular flexibility index (Phi) is 5.95. The quantitative estimate of drug-likeness (QED) is 0.567. The smallest absolute Gasteiger partial charge is 0.273 e. The van der Waals surface area contributed by atoms with Crippen LogP contribution in [0.25, 0.3) is 5.57 Å². The maximum atomic E-state index is 13.8. The first-order valence-corrected chi connectivity index (χ1v) is 12.2. The average Bonchev–Trinajstić information content (AvgIpc) is 2.97. The van der Waals surface area contributed by atoms with Gasteiger partial charge in [-0.1, -0.05) is 37.3 Å². The number of alkyl halides is 2. The van der Waals surface area contributed by atoms with Gasteiger partial charge in [0.1, 0.15) is 5.75 Å². The Bertz CT molecular complexity index is 1210. The summed E-state index contributed by atoms with van der Waals surface area (Å²) in [5.74, 6) is -2.55. The Hall–Kier alpha value is -2.93. The highest BCUT2D eigenvalue weighted by atomic mass is 32.2. The van der Waals surface area contributed by atoms with Gasteiger partial charge in [-0.15, -0.1) is 0 Å². The molecule has 2 aliphatic rings. The molecule has 0 bridgehead atoms. The van der Waals surface area contributed by atoms with Crippen molar-refractivity contribution in [1.29, 1.82) is 0 Å². The number of aromatic hydroxyl groups is 1. The zero-order valence-corrected chi connectivity index (χ0v) is 18.4. The van der Waals surface area contributed by atoms with Gasteiger partial charge in [-0.3, -0.25) is 0 Å². The minimum atomic E-state index is -3.22. The molecule has 7 heteroatoms. The van der Waals surface area contributed by atoms with Crippen molar-refractivity contribution >= 4 is 15.4 Å². The first-order valence-electron chi connectivity index (χ1n) is 10.5. The summed E-state index contributed by atoms with van der Waals surface area (Å²) in [6.45, 7) is 1.38. The van der Waals surface area contributed by atoms with Crippen LogP contribution in [0.3, 0.4) is 0 Å². The van der Waals surface area contributed by atoms with Crippen LogP contribution >= 0.6 is 0 Å². The number of hydrogen-bond donors (Lipinski definition) is 1. The zero-order chi connectivity index (χ0) is 22.9. The number of halogens is 2. The topological polar surface area (TPSA) is 63.6 Å². The fourth-order valence-electron chi connectivity index (χ4n) is 3.97.